The Kier molecular flexibility index (Phi) is 5.66. The van der Waals surface area contributed by atoms with E-state index in [0.717, 1.165) is 41.8 Å². The predicted octanol–water partition coefficient (Wildman–Crippen LogP) is 6.09. The van der Waals surface area contributed by atoms with Crippen molar-refractivity contribution >= 4 is 28.4 Å². The molecule has 0 saturated carbocycles. The summed E-state index contributed by atoms with van der Waals surface area (Å²) >= 11 is 1.34. The van der Waals surface area contributed by atoms with Crippen molar-refractivity contribution in [1.82, 2.24) is 4.68 Å². The van der Waals surface area contributed by atoms with Crippen molar-refractivity contribution in [2.75, 3.05) is 0 Å². The molecule has 33 heavy (non-hydrogen) atoms. The SMILES string of the molecule is O=[N+]([O-])c1ccc(-c2csc(=Nc3ccccc3F)n2N=C2CCCc3ccccc32)cc1. The Labute approximate surface area is 193 Å². The summed E-state index contributed by atoms with van der Waals surface area (Å²) in [6, 6.07) is 20.9. The first kappa shape index (κ1) is 21.0. The van der Waals surface area contributed by atoms with Gasteiger partial charge in [-0.25, -0.2) is 14.1 Å². The van der Waals surface area contributed by atoms with E-state index in [9.17, 15) is 14.5 Å². The van der Waals surface area contributed by atoms with E-state index < -0.39 is 10.7 Å². The van der Waals surface area contributed by atoms with Crippen LogP contribution in [0, 0.1) is 15.9 Å². The van der Waals surface area contributed by atoms with Crippen molar-refractivity contribution in [3.05, 3.63) is 110 Å². The maximum absolute atomic E-state index is 14.3. The zero-order valence-corrected chi connectivity index (χ0v) is 18.3. The third-order valence-corrected chi connectivity index (χ3v) is 6.35. The molecule has 5 rings (SSSR count). The van der Waals surface area contributed by atoms with Crippen molar-refractivity contribution in [3.8, 4) is 11.3 Å². The third kappa shape index (κ3) is 4.25. The van der Waals surface area contributed by atoms with E-state index in [1.54, 1.807) is 35.0 Å². The highest BCUT2D eigenvalue weighted by Crippen LogP contribution is 2.26. The molecule has 0 unspecified atom stereocenters. The lowest BCUT2D eigenvalue weighted by molar-refractivity contribution is -0.384. The molecule has 164 valence electrons. The van der Waals surface area contributed by atoms with Gasteiger partial charge in [-0.3, -0.25) is 10.1 Å². The summed E-state index contributed by atoms with van der Waals surface area (Å²) in [5.74, 6) is -0.412. The van der Waals surface area contributed by atoms with E-state index in [2.05, 4.69) is 17.1 Å². The lowest BCUT2D eigenvalue weighted by atomic mass is 9.90. The number of aryl methyl sites for hydroxylation is 1. The standard InChI is InChI=1S/C25H19FN4O2S/c26-21-9-3-4-10-23(21)27-25-29(28-22-11-5-7-17-6-1-2-8-20(17)22)24(16-33-25)18-12-14-19(15-13-18)30(31)32/h1-4,6,8-10,12-16H,5,7,11H2. The van der Waals surface area contributed by atoms with E-state index in [1.807, 2.05) is 17.5 Å². The van der Waals surface area contributed by atoms with Crippen LogP contribution >= 0.6 is 11.3 Å². The summed E-state index contributed by atoms with van der Waals surface area (Å²) in [6.07, 6.45) is 2.82. The first-order chi connectivity index (χ1) is 16.1. The number of hydrogen-bond donors (Lipinski definition) is 0. The van der Waals surface area contributed by atoms with Crippen molar-refractivity contribution in [2.45, 2.75) is 19.3 Å². The van der Waals surface area contributed by atoms with Gasteiger partial charge in [-0.15, -0.1) is 11.3 Å². The highest BCUT2D eigenvalue weighted by molar-refractivity contribution is 7.07. The molecule has 0 amide bonds. The molecule has 0 bridgehead atoms. The average molecular weight is 459 g/mol. The zero-order valence-electron chi connectivity index (χ0n) is 17.5. The molecule has 0 radical (unpaired) electrons. The highest BCUT2D eigenvalue weighted by atomic mass is 32.1. The summed E-state index contributed by atoms with van der Waals surface area (Å²) < 4.78 is 16.0. The van der Waals surface area contributed by atoms with Crippen LogP contribution < -0.4 is 4.80 Å². The maximum Gasteiger partial charge on any atom is 0.269 e. The fraction of sp³-hybridized carbons (Fsp3) is 0.120. The van der Waals surface area contributed by atoms with Gasteiger partial charge in [0.15, 0.2) is 0 Å². The number of nitrogens with zero attached hydrogens (tertiary/aromatic N) is 4. The van der Waals surface area contributed by atoms with Crippen molar-refractivity contribution in [1.29, 1.82) is 0 Å². The Balaban J connectivity index is 1.70. The number of nitro benzene ring substituents is 1. The third-order valence-electron chi connectivity index (χ3n) is 5.54. The van der Waals surface area contributed by atoms with E-state index in [0.29, 0.717) is 4.80 Å². The van der Waals surface area contributed by atoms with Crippen LogP contribution in [0.4, 0.5) is 15.8 Å². The highest BCUT2D eigenvalue weighted by Gasteiger charge is 2.17. The molecule has 0 fully saturated rings. The molecule has 4 aromatic rings. The van der Waals surface area contributed by atoms with Crippen LogP contribution in [0.2, 0.25) is 0 Å². The largest absolute Gasteiger partial charge is 0.269 e. The van der Waals surface area contributed by atoms with E-state index in [-0.39, 0.29) is 11.4 Å². The number of hydrogen-bond acceptors (Lipinski definition) is 5. The Morgan fingerprint density at radius 3 is 2.52 bits per heavy atom. The van der Waals surface area contributed by atoms with Crippen LogP contribution in [0.5, 0.6) is 0 Å². The van der Waals surface area contributed by atoms with Gasteiger partial charge in [0, 0.05) is 28.6 Å². The number of aromatic nitrogens is 1. The van der Waals surface area contributed by atoms with Gasteiger partial charge in [-0.05, 0) is 49.1 Å². The van der Waals surface area contributed by atoms with Gasteiger partial charge in [-0.1, -0.05) is 36.4 Å². The van der Waals surface area contributed by atoms with E-state index >= 15 is 0 Å². The summed E-state index contributed by atoms with van der Waals surface area (Å²) in [6.45, 7) is 0. The Morgan fingerprint density at radius 1 is 0.970 bits per heavy atom. The van der Waals surface area contributed by atoms with Crippen molar-refractivity contribution in [3.63, 3.8) is 0 Å². The second-order valence-corrected chi connectivity index (χ2v) is 8.48. The Morgan fingerprint density at radius 2 is 1.73 bits per heavy atom. The summed E-state index contributed by atoms with van der Waals surface area (Å²) in [4.78, 5) is 15.7. The van der Waals surface area contributed by atoms with Gasteiger partial charge in [-0.2, -0.15) is 5.10 Å². The molecule has 0 spiro atoms. The minimum atomic E-state index is -0.427. The second kappa shape index (κ2) is 8.91. The fourth-order valence-electron chi connectivity index (χ4n) is 3.90. The van der Waals surface area contributed by atoms with Crippen molar-refractivity contribution in [2.24, 2.45) is 10.1 Å². The van der Waals surface area contributed by atoms with Gasteiger partial charge in [0.1, 0.15) is 11.5 Å². The second-order valence-electron chi connectivity index (χ2n) is 7.64. The van der Waals surface area contributed by atoms with Crippen LogP contribution in [0.25, 0.3) is 11.3 Å². The molecule has 6 nitrogen and oxygen atoms in total. The number of benzene rings is 3. The Bertz CT molecular complexity index is 1440. The number of non-ortho nitro benzene ring substituents is 1. The number of rotatable bonds is 4. The minimum absolute atomic E-state index is 0.0179. The summed E-state index contributed by atoms with van der Waals surface area (Å²) in [7, 11) is 0. The summed E-state index contributed by atoms with van der Waals surface area (Å²) in [5.41, 5.74) is 5.04. The molecule has 1 aromatic heterocycles. The van der Waals surface area contributed by atoms with Gasteiger partial charge in [0.05, 0.1) is 16.3 Å². The normalized spacial score (nSPS) is 14.9. The predicted molar refractivity (Wildman–Crippen MR) is 127 cm³/mol. The molecule has 8 heteroatoms. The quantitative estimate of drug-likeness (QED) is 0.274. The minimum Gasteiger partial charge on any atom is -0.258 e. The maximum atomic E-state index is 14.3. The van der Waals surface area contributed by atoms with Crippen LogP contribution in [-0.4, -0.2) is 15.3 Å². The zero-order chi connectivity index (χ0) is 22.8. The molecule has 1 aliphatic rings. The number of thiazole rings is 1. The van der Waals surface area contributed by atoms with E-state index in [4.69, 9.17) is 5.10 Å². The van der Waals surface area contributed by atoms with Crippen molar-refractivity contribution < 1.29 is 9.31 Å². The number of nitro groups is 1. The first-order valence-corrected chi connectivity index (χ1v) is 11.4. The molecule has 0 aliphatic heterocycles. The van der Waals surface area contributed by atoms with Gasteiger partial charge >= 0.3 is 0 Å². The molecular formula is C25H19FN4O2S. The number of para-hydroxylation sites is 1. The van der Waals surface area contributed by atoms with E-state index in [1.165, 1.54) is 35.1 Å². The molecule has 0 N–H and O–H groups in total. The lowest BCUT2D eigenvalue weighted by Gasteiger charge is -2.18. The smallest absolute Gasteiger partial charge is 0.258 e. The lowest BCUT2D eigenvalue weighted by Crippen LogP contribution is -2.18. The number of fused-ring (bicyclic) bond motifs is 1. The molecule has 3 aromatic carbocycles. The van der Waals surface area contributed by atoms with Gasteiger partial charge in [0.25, 0.3) is 5.69 Å². The van der Waals surface area contributed by atoms with Crippen LogP contribution in [0.1, 0.15) is 24.0 Å². The molecular weight excluding hydrogens is 439 g/mol. The Hall–Kier alpha value is -3.91. The molecule has 0 saturated heterocycles. The number of halogens is 1. The summed E-state index contributed by atoms with van der Waals surface area (Å²) in [5, 5.41) is 17.9. The van der Waals surface area contributed by atoms with Gasteiger partial charge in [0.2, 0.25) is 4.80 Å². The van der Waals surface area contributed by atoms with Crippen LogP contribution in [0.3, 0.4) is 0 Å². The van der Waals surface area contributed by atoms with Crippen LogP contribution in [-0.2, 0) is 6.42 Å². The monoisotopic (exact) mass is 458 g/mol. The fourth-order valence-corrected chi connectivity index (χ4v) is 4.74. The molecule has 0 atom stereocenters. The molecule has 1 heterocycles. The first-order valence-electron chi connectivity index (χ1n) is 10.5. The van der Waals surface area contributed by atoms with Gasteiger partial charge < -0.3 is 0 Å². The van der Waals surface area contributed by atoms with Crippen LogP contribution in [0.15, 0.2) is 88.3 Å². The average Bonchev–Trinajstić information content (AvgIpc) is 3.23. The molecule has 1 aliphatic carbocycles. The topological polar surface area (TPSA) is 72.8 Å².